The number of carbonyl (C=O) groups excluding carboxylic acids is 2. The molecule has 0 aromatic heterocycles. The third kappa shape index (κ3) is 6.57. The summed E-state index contributed by atoms with van der Waals surface area (Å²) in [5, 5.41) is 2.75. The standard InChI is InChI=1S/C22H26FN3O3/c1-17-2-8-20(9-3-17)29-15-10-22(28)26-13-11-25(12-14-26)16-21(27)24-19-6-4-18(23)5-7-19/h2-9H,10-16H2,1H3,(H,24,27). The molecule has 2 aromatic rings. The molecule has 7 heteroatoms. The number of carbonyl (C=O) groups is 2. The first kappa shape index (κ1) is 20.8. The average Bonchev–Trinajstić information content (AvgIpc) is 2.71. The molecule has 6 nitrogen and oxygen atoms in total. The van der Waals surface area contributed by atoms with Crippen molar-refractivity contribution in [3.63, 3.8) is 0 Å². The predicted molar refractivity (Wildman–Crippen MR) is 109 cm³/mol. The molecule has 29 heavy (non-hydrogen) atoms. The Morgan fingerprint density at radius 1 is 1.00 bits per heavy atom. The van der Waals surface area contributed by atoms with Crippen LogP contribution in [0, 0.1) is 12.7 Å². The van der Waals surface area contributed by atoms with Gasteiger partial charge in [0.25, 0.3) is 0 Å². The molecule has 0 unspecified atom stereocenters. The van der Waals surface area contributed by atoms with Crippen molar-refractivity contribution in [3.05, 3.63) is 59.9 Å². The van der Waals surface area contributed by atoms with Gasteiger partial charge in [-0.15, -0.1) is 0 Å². The van der Waals surface area contributed by atoms with Gasteiger partial charge in [0, 0.05) is 31.9 Å². The minimum atomic E-state index is -0.340. The molecule has 0 bridgehead atoms. The van der Waals surface area contributed by atoms with Crippen LogP contribution in [0.2, 0.25) is 0 Å². The van der Waals surface area contributed by atoms with Gasteiger partial charge in [-0.05, 0) is 43.3 Å². The molecule has 0 atom stereocenters. The number of nitrogens with one attached hydrogen (secondary N) is 1. The number of piperazine rings is 1. The minimum Gasteiger partial charge on any atom is -0.493 e. The van der Waals surface area contributed by atoms with E-state index in [9.17, 15) is 14.0 Å². The number of aryl methyl sites for hydroxylation is 1. The van der Waals surface area contributed by atoms with Crippen LogP contribution < -0.4 is 10.1 Å². The zero-order chi connectivity index (χ0) is 20.6. The third-order valence-electron chi connectivity index (χ3n) is 4.83. The van der Waals surface area contributed by atoms with Crippen molar-refractivity contribution in [1.82, 2.24) is 9.80 Å². The van der Waals surface area contributed by atoms with Crippen LogP contribution in [-0.4, -0.2) is 60.9 Å². The van der Waals surface area contributed by atoms with Crippen LogP contribution in [0.4, 0.5) is 10.1 Å². The van der Waals surface area contributed by atoms with Crippen molar-refractivity contribution >= 4 is 17.5 Å². The Labute approximate surface area is 170 Å². The third-order valence-corrected chi connectivity index (χ3v) is 4.83. The van der Waals surface area contributed by atoms with E-state index in [1.165, 1.54) is 24.3 Å². The van der Waals surface area contributed by atoms with Gasteiger partial charge in [-0.3, -0.25) is 14.5 Å². The highest BCUT2D eigenvalue weighted by Crippen LogP contribution is 2.12. The minimum absolute atomic E-state index is 0.0625. The van der Waals surface area contributed by atoms with Crippen LogP contribution in [0.3, 0.4) is 0 Å². The second-order valence-electron chi connectivity index (χ2n) is 7.12. The first-order valence-electron chi connectivity index (χ1n) is 9.74. The van der Waals surface area contributed by atoms with Crippen LogP contribution >= 0.6 is 0 Å². The van der Waals surface area contributed by atoms with Crippen molar-refractivity contribution < 1.29 is 18.7 Å². The van der Waals surface area contributed by atoms with Crippen LogP contribution in [0.15, 0.2) is 48.5 Å². The maximum atomic E-state index is 12.9. The van der Waals surface area contributed by atoms with Gasteiger partial charge in [0.15, 0.2) is 0 Å². The largest absolute Gasteiger partial charge is 0.493 e. The first-order chi connectivity index (χ1) is 14.0. The van der Waals surface area contributed by atoms with E-state index in [0.717, 1.165) is 11.3 Å². The summed E-state index contributed by atoms with van der Waals surface area (Å²) in [6.07, 6.45) is 0.332. The highest BCUT2D eigenvalue weighted by atomic mass is 19.1. The summed E-state index contributed by atoms with van der Waals surface area (Å²) in [5.74, 6) is 0.337. The highest BCUT2D eigenvalue weighted by Gasteiger charge is 2.22. The Morgan fingerprint density at radius 3 is 2.31 bits per heavy atom. The predicted octanol–water partition coefficient (Wildman–Crippen LogP) is 2.69. The number of hydrogen-bond donors (Lipinski definition) is 1. The molecule has 1 heterocycles. The van der Waals surface area contributed by atoms with Crippen molar-refractivity contribution in [3.8, 4) is 5.75 Å². The summed E-state index contributed by atoms with van der Waals surface area (Å²) in [6.45, 7) is 5.07. The molecule has 0 radical (unpaired) electrons. The Hall–Kier alpha value is -2.93. The molecule has 2 amide bonds. The van der Waals surface area contributed by atoms with Gasteiger partial charge in [-0.1, -0.05) is 17.7 Å². The molecule has 1 aliphatic heterocycles. The molecule has 0 saturated carbocycles. The number of amides is 2. The maximum Gasteiger partial charge on any atom is 0.238 e. The molecule has 1 saturated heterocycles. The first-order valence-corrected chi connectivity index (χ1v) is 9.74. The van der Waals surface area contributed by atoms with Gasteiger partial charge in [-0.25, -0.2) is 4.39 Å². The number of anilines is 1. The molecule has 154 valence electrons. The zero-order valence-corrected chi connectivity index (χ0v) is 16.6. The smallest absolute Gasteiger partial charge is 0.238 e. The summed E-state index contributed by atoms with van der Waals surface area (Å²) in [7, 11) is 0. The van der Waals surface area contributed by atoms with E-state index in [-0.39, 0.29) is 24.2 Å². The molecule has 1 aliphatic rings. The summed E-state index contributed by atoms with van der Waals surface area (Å²) in [6, 6.07) is 13.4. The van der Waals surface area contributed by atoms with E-state index in [4.69, 9.17) is 4.74 Å². The van der Waals surface area contributed by atoms with E-state index >= 15 is 0 Å². The van der Waals surface area contributed by atoms with Crippen molar-refractivity contribution in [2.45, 2.75) is 13.3 Å². The fraction of sp³-hybridized carbons (Fsp3) is 0.364. The van der Waals surface area contributed by atoms with Crippen LogP contribution in [0.1, 0.15) is 12.0 Å². The number of rotatable bonds is 7. The topological polar surface area (TPSA) is 61.9 Å². The Balaban J connectivity index is 1.34. The Kier molecular flexibility index (Phi) is 7.19. The van der Waals surface area contributed by atoms with Crippen molar-refractivity contribution in [2.24, 2.45) is 0 Å². The van der Waals surface area contributed by atoms with Crippen molar-refractivity contribution in [1.29, 1.82) is 0 Å². The van der Waals surface area contributed by atoms with E-state index < -0.39 is 0 Å². The number of hydrogen-bond acceptors (Lipinski definition) is 4. The molecule has 2 aromatic carbocycles. The average molecular weight is 399 g/mol. The molecule has 1 fully saturated rings. The zero-order valence-electron chi connectivity index (χ0n) is 16.6. The molecular formula is C22H26FN3O3. The monoisotopic (exact) mass is 399 g/mol. The molecular weight excluding hydrogens is 373 g/mol. The fourth-order valence-electron chi connectivity index (χ4n) is 3.14. The van der Waals surface area contributed by atoms with E-state index in [2.05, 4.69) is 5.32 Å². The van der Waals surface area contributed by atoms with Crippen LogP contribution in [-0.2, 0) is 9.59 Å². The quantitative estimate of drug-likeness (QED) is 0.778. The summed E-state index contributed by atoms with van der Waals surface area (Å²) in [4.78, 5) is 28.3. The van der Waals surface area contributed by atoms with Crippen LogP contribution in [0.25, 0.3) is 0 Å². The second kappa shape index (κ2) is 10.0. The molecule has 1 N–H and O–H groups in total. The lowest BCUT2D eigenvalue weighted by Gasteiger charge is -2.34. The fourth-order valence-corrected chi connectivity index (χ4v) is 3.14. The number of halogens is 1. The normalized spacial score (nSPS) is 14.5. The van der Waals surface area contributed by atoms with Gasteiger partial charge in [-0.2, -0.15) is 0 Å². The van der Waals surface area contributed by atoms with E-state index in [0.29, 0.717) is 44.9 Å². The SMILES string of the molecule is Cc1ccc(OCCC(=O)N2CCN(CC(=O)Nc3ccc(F)cc3)CC2)cc1. The van der Waals surface area contributed by atoms with E-state index in [1.54, 1.807) is 0 Å². The van der Waals surface area contributed by atoms with E-state index in [1.807, 2.05) is 41.0 Å². The van der Waals surface area contributed by atoms with Gasteiger partial charge < -0.3 is 15.0 Å². The van der Waals surface area contributed by atoms with Crippen LogP contribution in [0.5, 0.6) is 5.75 Å². The molecule has 0 spiro atoms. The number of ether oxygens (including phenoxy) is 1. The lowest BCUT2D eigenvalue weighted by Crippen LogP contribution is -2.50. The molecule has 3 rings (SSSR count). The summed E-state index contributed by atoms with van der Waals surface area (Å²) >= 11 is 0. The summed E-state index contributed by atoms with van der Waals surface area (Å²) < 4.78 is 18.5. The Bertz CT molecular complexity index is 816. The highest BCUT2D eigenvalue weighted by molar-refractivity contribution is 5.92. The number of benzene rings is 2. The van der Waals surface area contributed by atoms with Gasteiger partial charge in [0.05, 0.1) is 19.6 Å². The second-order valence-corrected chi connectivity index (χ2v) is 7.12. The lowest BCUT2D eigenvalue weighted by atomic mass is 10.2. The lowest BCUT2D eigenvalue weighted by molar-refractivity contribution is -0.133. The molecule has 0 aliphatic carbocycles. The van der Waals surface area contributed by atoms with Gasteiger partial charge in [0.2, 0.25) is 11.8 Å². The van der Waals surface area contributed by atoms with Gasteiger partial charge >= 0.3 is 0 Å². The summed E-state index contributed by atoms with van der Waals surface area (Å²) in [5.41, 5.74) is 1.73. The Morgan fingerprint density at radius 2 is 1.66 bits per heavy atom. The number of nitrogens with zero attached hydrogens (tertiary/aromatic N) is 2. The van der Waals surface area contributed by atoms with Gasteiger partial charge in [0.1, 0.15) is 11.6 Å². The maximum absolute atomic E-state index is 12.9. The van der Waals surface area contributed by atoms with Crippen molar-refractivity contribution in [2.75, 3.05) is 44.6 Å².